The third kappa shape index (κ3) is 5.29. The van der Waals surface area contributed by atoms with Crippen LogP contribution in [0.25, 0.3) is 0 Å². The Morgan fingerprint density at radius 1 is 1.12 bits per heavy atom. The van der Waals surface area contributed by atoms with E-state index in [-0.39, 0.29) is 18.7 Å². The van der Waals surface area contributed by atoms with Gasteiger partial charge in [0.1, 0.15) is 5.82 Å². The summed E-state index contributed by atoms with van der Waals surface area (Å²) in [6.45, 7) is 4.08. The number of sulfonamides is 1. The van der Waals surface area contributed by atoms with Gasteiger partial charge in [-0.1, -0.05) is 38.1 Å². The Morgan fingerprint density at radius 2 is 1.73 bits per heavy atom. The van der Waals surface area contributed by atoms with Crippen LogP contribution in [0.3, 0.4) is 0 Å². The second-order valence-electron chi connectivity index (χ2n) is 6.36. The molecule has 2 aromatic carbocycles. The molecule has 26 heavy (non-hydrogen) atoms. The van der Waals surface area contributed by atoms with Crippen molar-refractivity contribution in [2.24, 2.45) is 0 Å². The maximum absolute atomic E-state index is 13.6. The van der Waals surface area contributed by atoms with Crippen LogP contribution in [-0.2, 0) is 14.8 Å². The van der Waals surface area contributed by atoms with Gasteiger partial charge in [0.25, 0.3) is 0 Å². The van der Waals surface area contributed by atoms with Crippen LogP contribution in [0.15, 0.2) is 48.5 Å². The Bertz CT molecular complexity index is 865. The highest BCUT2D eigenvalue weighted by atomic mass is 32.2. The van der Waals surface area contributed by atoms with E-state index >= 15 is 0 Å². The van der Waals surface area contributed by atoms with E-state index in [9.17, 15) is 17.6 Å². The third-order valence-electron chi connectivity index (χ3n) is 3.94. The molecule has 0 saturated carbocycles. The largest absolute Gasteiger partial charge is 0.324 e. The van der Waals surface area contributed by atoms with Crippen LogP contribution in [0.4, 0.5) is 15.8 Å². The number of benzene rings is 2. The molecule has 1 amide bonds. The molecule has 1 N–H and O–H groups in total. The molecule has 0 radical (unpaired) electrons. The smallest absolute Gasteiger partial charge is 0.232 e. The fraction of sp³-hybridized carbons (Fsp3) is 0.316. The Labute approximate surface area is 153 Å². The van der Waals surface area contributed by atoms with E-state index in [4.69, 9.17) is 0 Å². The number of rotatable bonds is 7. The first-order chi connectivity index (χ1) is 12.2. The van der Waals surface area contributed by atoms with Gasteiger partial charge in [-0.05, 0) is 35.7 Å². The predicted molar refractivity (Wildman–Crippen MR) is 102 cm³/mol. The van der Waals surface area contributed by atoms with Gasteiger partial charge in [-0.3, -0.25) is 9.10 Å². The summed E-state index contributed by atoms with van der Waals surface area (Å²) in [7, 11) is -3.55. The maximum atomic E-state index is 13.6. The van der Waals surface area contributed by atoms with Crippen LogP contribution in [0.2, 0.25) is 0 Å². The molecule has 0 aromatic heterocycles. The van der Waals surface area contributed by atoms with Gasteiger partial charge in [0, 0.05) is 13.0 Å². The zero-order valence-corrected chi connectivity index (χ0v) is 15.9. The summed E-state index contributed by atoms with van der Waals surface area (Å²) >= 11 is 0. The lowest BCUT2D eigenvalue weighted by Gasteiger charge is -2.22. The summed E-state index contributed by atoms with van der Waals surface area (Å²) in [5, 5.41) is 2.46. The highest BCUT2D eigenvalue weighted by Crippen LogP contribution is 2.22. The average molecular weight is 378 g/mol. The zero-order valence-electron chi connectivity index (χ0n) is 15.1. The second-order valence-corrected chi connectivity index (χ2v) is 8.27. The molecule has 2 rings (SSSR count). The highest BCUT2D eigenvalue weighted by molar-refractivity contribution is 7.92. The fourth-order valence-corrected chi connectivity index (χ4v) is 3.42. The highest BCUT2D eigenvalue weighted by Gasteiger charge is 2.19. The summed E-state index contributed by atoms with van der Waals surface area (Å²) in [5.41, 5.74) is 1.67. The summed E-state index contributed by atoms with van der Waals surface area (Å²) in [5.74, 6) is -0.657. The van der Waals surface area contributed by atoms with Crippen molar-refractivity contribution in [3.63, 3.8) is 0 Å². The molecule has 5 nitrogen and oxygen atoms in total. The minimum atomic E-state index is -3.55. The summed E-state index contributed by atoms with van der Waals surface area (Å²) in [6.07, 6.45) is 1.01. The first-order valence-electron chi connectivity index (χ1n) is 8.30. The van der Waals surface area contributed by atoms with Crippen molar-refractivity contribution in [3.8, 4) is 0 Å². The summed E-state index contributed by atoms with van der Waals surface area (Å²) in [4.78, 5) is 12.1. The number of nitrogens with one attached hydrogen (secondary N) is 1. The van der Waals surface area contributed by atoms with Crippen molar-refractivity contribution in [2.75, 3.05) is 22.4 Å². The van der Waals surface area contributed by atoms with Gasteiger partial charge >= 0.3 is 0 Å². The lowest BCUT2D eigenvalue weighted by Crippen LogP contribution is -2.33. The normalized spacial score (nSPS) is 11.4. The van der Waals surface area contributed by atoms with Crippen molar-refractivity contribution in [2.45, 2.75) is 26.2 Å². The van der Waals surface area contributed by atoms with Gasteiger partial charge in [-0.15, -0.1) is 0 Å². The Kier molecular flexibility index (Phi) is 6.37. The number of hydrogen-bond acceptors (Lipinski definition) is 3. The number of hydrogen-bond donors (Lipinski definition) is 1. The molecule has 7 heteroatoms. The quantitative estimate of drug-likeness (QED) is 0.798. The minimum Gasteiger partial charge on any atom is -0.324 e. The second kappa shape index (κ2) is 8.31. The van der Waals surface area contributed by atoms with Crippen molar-refractivity contribution >= 4 is 27.3 Å². The van der Waals surface area contributed by atoms with Crippen LogP contribution in [0.1, 0.15) is 31.7 Å². The number of anilines is 2. The lowest BCUT2D eigenvalue weighted by atomic mass is 10.0. The van der Waals surface area contributed by atoms with Crippen molar-refractivity contribution in [1.82, 2.24) is 0 Å². The minimum absolute atomic E-state index is 0.0276. The van der Waals surface area contributed by atoms with Gasteiger partial charge in [0.05, 0.1) is 17.6 Å². The molecular formula is C19H23FN2O3S. The molecular weight excluding hydrogens is 355 g/mol. The number of halogens is 1. The first-order valence-corrected chi connectivity index (χ1v) is 10.2. The third-order valence-corrected chi connectivity index (χ3v) is 5.13. The molecule has 0 heterocycles. The van der Waals surface area contributed by atoms with Crippen LogP contribution in [0, 0.1) is 5.82 Å². The molecule has 2 aromatic rings. The molecule has 0 aliphatic rings. The van der Waals surface area contributed by atoms with Crippen LogP contribution in [0.5, 0.6) is 0 Å². The van der Waals surface area contributed by atoms with E-state index in [1.807, 2.05) is 12.1 Å². The topological polar surface area (TPSA) is 66.5 Å². The molecule has 0 bridgehead atoms. The number of carbonyl (C=O) groups excluding carboxylic acids is 1. The molecule has 0 atom stereocenters. The van der Waals surface area contributed by atoms with Crippen molar-refractivity contribution in [1.29, 1.82) is 0 Å². The molecule has 140 valence electrons. The number of carbonyl (C=O) groups is 1. The van der Waals surface area contributed by atoms with Gasteiger partial charge in [0.15, 0.2) is 0 Å². The van der Waals surface area contributed by atoms with Gasteiger partial charge in [-0.25, -0.2) is 12.8 Å². The van der Waals surface area contributed by atoms with Crippen molar-refractivity contribution in [3.05, 3.63) is 59.9 Å². The molecule has 0 aliphatic carbocycles. The van der Waals surface area contributed by atoms with Crippen LogP contribution >= 0.6 is 0 Å². The number of nitrogens with zero attached hydrogens (tertiary/aromatic N) is 1. The van der Waals surface area contributed by atoms with Crippen molar-refractivity contribution < 1.29 is 17.6 Å². The molecule has 0 spiro atoms. The SMILES string of the molecule is CC(C)c1ccc(N(CCC(=O)Nc2ccccc2F)S(C)(=O)=O)cc1. The lowest BCUT2D eigenvalue weighted by molar-refractivity contribution is -0.116. The first kappa shape index (κ1) is 19.9. The van der Waals surface area contributed by atoms with E-state index < -0.39 is 21.7 Å². The molecule has 0 aliphatic heterocycles. The van der Waals surface area contributed by atoms with E-state index in [1.54, 1.807) is 18.2 Å². The Hall–Kier alpha value is -2.41. The van der Waals surface area contributed by atoms with Crippen LogP contribution < -0.4 is 9.62 Å². The monoisotopic (exact) mass is 378 g/mol. The van der Waals surface area contributed by atoms with Gasteiger partial charge < -0.3 is 5.32 Å². The standard InChI is InChI=1S/C19H23FN2O3S/c1-14(2)15-8-10-16(11-9-15)22(26(3,24)25)13-12-19(23)21-18-7-5-4-6-17(18)20/h4-11,14H,12-13H2,1-3H3,(H,21,23). The number of amides is 1. The summed E-state index contributed by atoms with van der Waals surface area (Å²) < 4.78 is 39.0. The molecule has 0 unspecified atom stereocenters. The number of para-hydroxylation sites is 1. The van der Waals surface area contributed by atoms with E-state index in [2.05, 4.69) is 19.2 Å². The fourth-order valence-electron chi connectivity index (χ4n) is 2.49. The van der Waals surface area contributed by atoms with E-state index in [1.165, 1.54) is 22.5 Å². The van der Waals surface area contributed by atoms with Gasteiger partial charge in [0.2, 0.25) is 15.9 Å². The molecule has 0 fully saturated rings. The van der Waals surface area contributed by atoms with E-state index in [0.717, 1.165) is 11.8 Å². The van der Waals surface area contributed by atoms with Crippen LogP contribution in [-0.4, -0.2) is 27.1 Å². The zero-order chi connectivity index (χ0) is 19.3. The average Bonchev–Trinajstić information content (AvgIpc) is 2.56. The van der Waals surface area contributed by atoms with Gasteiger partial charge in [-0.2, -0.15) is 0 Å². The predicted octanol–water partition coefficient (Wildman–Crippen LogP) is 3.74. The molecule has 0 saturated heterocycles. The Morgan fingerprint density at radius 3 is 2.27 bits per heavy atom. The summed E-state index contributed by atoms with van der Waals surface area (Å²) in [6, 6.07) is 13.0. The van der Waals surface area contributed by atoms with E-state index in [0.29, 0.717) is 11.6 Å². The Balaban J connectivity index is 2.09. The maximum Gasteiger partial charge on any atom is 0.232 e.